The Balaban J connectivity index is 1.63. The van der Waals surface area contributed by atoms with Crippen molar-refractivity contribution in [2.24, 2.45) is 7.05 Å². The number of morpholine rings is 1. The fourth-order valence-corrected chi connectivity index (χ4v) is 3.90. The number of nitrogens with zero attached hydrogens (tertiary/aromatic N) is 4. The second kappa shape index (κ2) is 7.55. The van der Waals surface area contributed by atoms with E-state index in [9.17, 15) is 18.4 Å². The zero-order valence-electron chi connectivity index (χ0n) is 16.3. The Bertz CT molecular complexity index is 1020. The molecule has 1 atom stereocenters. The second-order valence-corrected chi connectivity index (χ2v) is 7.42. The van der Waals surface area contributed by atoms with Gasteiger partial charge in [-0.05, 0) is 25.0 Å². The molecule has 0 saturated carbocycles. The SMILES string of the molecule is C[C@H]1Cc2cc(F)c(F)cc2N1C(=O)Cc1nc(N2CCOCC2)cc(=O)n1C. The molecular weight excluding hydrogens is 382 g/mol. The lowest BCUT2D eigenvalue weighted by Gasteiger charge is -2.28. The monoisotopic (exact) mass is 404 g/mol. The Hall–Kier alpha value is -2.81. The first kappa shape index (κ1) is 19.5. The Kier molecular flexibility index (Phi) is 5.08. The minimum atomic E-state index is -0.990. The van der Waals surface area contributed by atoms with E-state index in [4.69, 9.17) is 4.74 Å². The van der Waals surface area contributed by atoms with Gasteiger partial charge in [0.25, 0.3) is 5.56 Å². The van der Waals surface area contributed by atoms with E-state index in [-0.39, 0.29) is 23.9 Å². The van der Waals surface area contributed by atoms with E-state index < -0.39 is 11.6 Å². The molecular formula is C20H22F2N4O3. The van der Waals surface area contributed by atoms with Crippen molar-refractivity contribution in [2.75, 3.05) is 36.1 Å². The molecule has 4 rings (SSSR count). The molecule has 9 heteroatoms. The zero-order valence-corrected chi connectivity index (χ0v) is 16.3. The van der Waals surface area contributed by atoms with Crippen LogP contribution in [0.3, 0.4) is 0 Å². The number of fused-ring (bicyclic) bond motifs is 1. The van der Waals surface area contributed by atoms with Crippen molar-refractivity contribution >= 4 is 17.4 Å². The first-order valence-corrected chi connectivity index (χ1v) is 9.54. The van der Waals surface area contributed by atoms with E-state index in [1.807, 2.05) is 11.8 Å². The molecule has 1 saturated heterocycles. The highest BCUT2D eigenvalue weighted by Crippen LogP contribution is 2.34. The third-order valence-corrected chi connectivity index (χ3v) is 5.46. The fourth-order valence-electron chi connectivity index (χ4n) is 3.90. The molecule has 0 bridgehead atoms. The Morgan fingerprint density at radius 2 is 1.90 bits per heavy atom. The molecule has 2 aliphatic heterocycles. The van der Waals surface area contributed by atoms with Gasteiger partial charge >= 0.3 is 0 Å². The number of amides is 1. The summed E-state index contributed by atoms with van der Waals surface area (Å²) in [4.78, 5) is 33.4. The highest BCUT2D eigenvalue weighted by Gasteiger charge is 2.33. The molecule has 1 amide bonds. The van der Waals surface area contributed by atoms with Crippen molar-refractivity contribution < 1.29 is 18.3 Å². The van der Waals surface area contributed by atoms with E-state index in [0.29, 0.717) is 55.6 Å². The molecule has 0 radical (unpaired) electrons. The van der Waals surface area contributed by atoms with Crippen LogP contribution < -0.4 is 15.4 Å². The molecule has 154 valence electrons. The maximum Gasteiger partial charge on any atom is 0.255 e. The van der Waals surface area contributed by atoms with Gasteiger partial charge < -0.3 is 14.5 Å². The van der Waals surface area contributed by atoms with Crippen molar-refractivity contribution in [1.29, 1.82) is 0 Å². The third-order valence-electron chi connectivity index (χ3n) is 5.46. The molecule has 29 heavy (non-hydrogen) atoms. The Labute approximate surface area is 166 Å². The molecule has 1 aromatic carbocycles. The second-order valence-electron chi connectivity index (χ2n) is 7.42. The average molecular weight is 404 g/mol. The number of aromatic nitrogens is 2. The van der Waals surface area contributed by atoms with Crippen LogP contribution in [-0.4, -0.2) is 47.8 Å². The molecule has 2 aliphatic rings. The Morgan fingerprint density at radius 1 is 1.21 bits per heavy atom. The van der Waals surface area contributed by atoms with E-state index >= 15 is 0 Å². The fraction of sp³-hybridized carbons (Fsp3) is 0.450. The average Bonchev–Trinajstić information content (AvgIpc) is 3.01. The summed E-state index contributed by atoms with van der Waals surface area (Å²) in [7, 11) is 1.57. The van der Waals surface area contributed by atoms with Crippen molar-refractivity contribution in [2.45, 2.75) is 25.8 Å². The minimum Gasteiger partial charge on any atom is -0.378 e. The molecule has 2 aromatic rings. The summed E-state index contributed by atoms with van der Waals surface area (Å²) in [6.45, 7) is 4.17. The number of carbonyl (C=O) groups excluding carboxylic acids is 1. The number of benzene rings is 1. The van der Waals surface area contributed by atoms with Crippen LogP contribution in [0.5, 0.6) is 0 Å². The minimum absolute atomic E-state index is 0.118. The van der Waals surface area contributed by atoms with E-state index in [1.54, 1.807) is 7.05 Å². The largest absolute Gasteiger partial charge is 0.378 e. The van der Waals surface area contributed by atoms with Crippen molar-refractivity contribution in [3.8, 4) is 0 Å². The number of hydrogen-bond acceptors (Lipinski definition) is 5. The summed E-state index contributed by atoms with van der Waals surface area (Å²) >= 11 is 0. The summed E-state index contributed by atoms with van der Waals surface area (Å²) in [6.07, 6.45) is 0.325. The van der Waals surface area contributed by atoms with E-state index in [0.717, 1.165) is 12.1 Å². The van der Waals surface area contributed by atoms with Gasteiger partial charge in [-0.3, -0.25) is 14.2 Å². The van der Waals surface area contributed by atoms with Crippen LogP contribution in [0.4, 0.5) is 20.3 Å². The summed E-state index contributed by atoms with van der Waals surface area (Å²) in [6, 6.07) is 3.41. The van der Waals surface area contributed by atoms with Crippen molar-refractivity contribution in [1.82, 2.24) is 9.55 Å². The Morgan fingerprint density at radius 3 is 2.62 bits per heavy atom. The van der Waals surface area contributed by atoms with Gasteiger partial charge in [-0.2, -0.15) is 0 Å². The molecule has 0 unspecified atom stereocenters. The first-order chi connectivity index (χ1) is 13.8. The molecule has 0 N–H and O–H groups in total. The predicted octanol–water partition coefficient (Wildman–Crippen LogP) is 1.42. The number of hydrogen-bond donors (Lipinski definition) is 0. The third kappa shape index (κ3) is 3.62. The van der Waals surface area contributed by atoms with Crippen LogP contribution in [0.15, 0.2) is 23.0 Å². The lowest BCUT2D eigenvalue weighted by Crippen LogP contribution is -2.40. The van der Waals surface area contributed by atoms with Crippen LogP contribution in [0, 0.1) is 11.6 Å². The van der Waals surface area contributed by atoms with E-state index in [1.165, 1.54) is 15.5 Å². The molecule has 0 aliphatic carbocycles. The van der Waals surface area contributed by atoms with Crippen molar-refractivity contribution in [3.63, 3.8) is 0 Å². The zero-order chi connectivity index (χ0) is 20.7. The lowest BCUT2D eigenvalue weighted by molar-refractivity contribution is -0.118. The van der Waals surface area contributed by atoms with Gasteiger partial charge in [0.05, 0.1) is 25.3 Å². The van der Waals surface area contributed by atoms with Gasteiger partial charge in [-0.15, -0.1) is 0 Å². The molecule has 7 nitrogen and oxygen atoms in total. The summed E-state index contributed by atoms with van der Waals surface area (Å²) < 4.78 is 34.0. The number of halogens is 2. The lowest BCUT2D eigenvalue weighted by atomic mass is 10.1. The standard InChI is InChI=1S/C20H22F2N4O3/c1-12-7-13-8-14(21)15(22)9-16(13)26(12)20(28)10-17-23-18(11-19(27)24(17)2)25-3-5-29-6-4-25/h8-9,11-12H,3-7,10H2,1-2H3/t12-/m0/s1. The summed E-state index contributed by atoms with van der Waals surface area (Å²) in [5.74, 6) is -1.39. The highest BCUT2D eigenvalue weighted by atomic mass is 19.2. The maximum absolute atomic E-state index is 13.8. The quantitative estimate of drug-likeness (QED) is 0.774. The van der Waals surface area contributed by atoms with Gasteiger partial charge in [-0.1, -0.05) is 0 Å². The summed E-state index contributed by atoms with van der Waals surface area (Å²) in [5, 5.41) is 0. The van der Waals surface area contributed by atoms with Gasteiger partial charge in [0.15, 0.2) is 11.6 Å². The maximum atomic E-state index is 13.8. The normalized spacial score (nSPS) is 18.8. The van der Waals surface area contributed by atoms with Crippen molar-refractivity contribution in [3.05, 3.63) is 51.6 Å². The molecule has 3 heterocycles. The predicted molar refractivity (Wildman–Crippen MR) is 103 cm³/mol. The van der Waals surface area contributed by atoms with Gasteiger partial charge in [0.1, 0.15) is 11.6 Å². The molecule has 0 spiro atoms. The first-order valence-electron chi connectivity index (χ1n) is 9.54. The topological polar surface area (TPSA) is 67.7 Å². The number of anilines is 2. The van der Waals surface area contributed by atoms with Crippen LogP contribution in [0.2, 0.25) is 0 Å². The number of rotatable bonds is 3. The number of carbonyl (C=O) groups is 1. The van der Waals surface area contributed by atoms with Crippen LogP contribution in [0.1, 0.15) is 18.3 Å². The van der Waals surface area contributed by atoms with E-state index in [2.05, 4.69) is 4.98 Å². The highest BCUT2D eigenvalue weighted by molar-refractivity contribution is 5.97. The van der Waals surface area contributed by atoms with Gasteiger partial charge in [0.2, 0.25) is 5.91 Å². The van der Waals surface area contributed by atoms with Crippen LogP contribution in [0.25, 0.3) is 0 Å². The van der Waals surface area contributed by atoms with Gasteiger partial charge in [-0.25, -0.2) is 13.8 Å². The van der Waals surface area contributed by atoms with Gasteiger partial charge in [0, 0.05) is 38.3 Å². The van der Waals surface area contributed by atoms with Crippen LogP contribution >= 0.6 is 0 Å². The molecule has 1 fully saturated rings. The number of ether oxygens (including phenoxy) is 1. The molecule has 1 aromatic heterocycles. The smallest absolute Gasteiger partial charge is 0.255 e. The van der Waals surface area contributed by atoms with Crippen LogP contribution in [-0.2, 0) is 29.4 Å². The summed E-state index contributed by atoms with van der Waals surface area (Å²) in [5.41, 5.74) is 0.705.